The van der Waals surface area contributed by atoms with Crippen molar-refractivity contribution in [2.45, 2.75) is 6.61 Å². The fourth-order valence-corrected chi connectivity index (χ4v) is 3.67. The Bertz CT molecular complexity index is 1240. The first-order valence-corrected chi connectivity index (χ1v) is 11.0. The van der Waals surface area contributed by atoms with Crippen molar-refractivity contribution in [3.05, 3.63) is 101 Å². The lowest BCUT2D eigenvalue weighted by Crippen LogP contribution is -2.14. The van der Waals surface area contributed by atoms with Crippen LogP contribution in [0.3, 0.4) is 0 Å². The van der Waals surface area contributed by atoms with Gasteiger partial charge in [0, 0.05) is 41.0 Å². The maximum atomic E-state index is 12.8. The van der Waals surface area contributed by atoms with E-state index in [0.29, 0.717) is 39.9 Å². The first kappa shape index (κ1) is 22.0. The molecule has 33 heavy (non-hydrogen) atoms. The largest absolute Gasteiger partial charge is 0.493 e. The molecule has 4 rings (SSSR count). The van der Waals surface area contributed by atoms with Crippen molar-refractivity contribution in [3.63, 3.8) is 0 Å². The molecule has 166 valence electrons. The molecule has 2 aromatic heterocycles. The third-order valence-electron chi connectivity index (χ3n) is 4.67. The van der Waals surface area contributed by atoms with Crippen LogP contribution in [-0.2, 0) is 6.61 Å². The second-order valence-electron chi connectivity index (χ2n) is 6.98. The molecule has 2 heterocycles. The van der Waals surface area contributed by atoms with Crippen molar-refractivity contribution in [2.75, 3.05) is 17.7 Å². The molecule has 2 N–H and O–H groups in total. The van der Waals surface area contributed by atoms with Crippen LogP contribution in [0, 0.1) is 0 Å². The number of carbonyl (C=O) groups excluding carboxylic acids is 2. The molecule has 0 saturated carbocycles. The highest BCUT2D eigenvalue weighted by Gasteiger charge is 2.12. The summed E-state index contributed by atoms with van der Waals surface area (Å²) in [5, 5.41) is 7.50. The molecule has 0 radical (unpaired) electrons. The van der Waals surface area contributed by atoms with Crippen molar-refractivity contribution >= 4 is 34.5 Å². The minimum absolute atomic E-state index is 0.215. The van der Waals surface area contributed by atoms with Crippen molar-refractivity contribution < 1.29 is 19.1 Å². The molecule has 0 unspecified atom stereocenters. The Morgan fingerprint density at radius 1 is 0.909 bits per heavy atom. The summed E-state index contributed by atoms with van der Waals surface area (Å²) in [6.45, 7) is 0.313. The third kappa shape index (κ3) is 5.75. The SMILES string of the molecule is COc1ccc(NC(=O)c2cccc(NC(=O)c3cccs3)c2)cc1OCc1cccnc1. The predicted octanol–water partition coefficient (Wildman–Crippen LogP) is 5.24. The Balaban J connectivity index is 1.45. The number of anilines is 2. The van der Waals surface area contributed by atoms with Crippen LogP contribution >= 0.6 is 11.3 Å². The summed E-state index contributed by atoms with van der Waals surface area (Å²) in [4.78, 5) is 29.8. The number of amides is 2. The second kappa shape index (κ2) is 10.4. The molecule has 0 aliphatic rings. The molecule has 0 atom stereocenters. The first-order chi connectivity index (χ1) is 16.1. The van der Waals surface area contributed by atoms with Crippen LogP contribution < -0.4 is 20.1 Å². The van der Waals surface area contributed by atoms with Crippen molar-refractivity contribution in [1.82, 2.24) is 4.98 Å². The van der Waals surface area contributed by atoms with Gasteiger partial charge in [-0.15, -0.1) is 11.3 Å². The molecule has 0 spiro atoms. The van der Waals surface area contributed by atoms with E-state index in [-0.39, 0.29) is 11.8 Å². The highest BCUT2D eigenvalue weighted by Crippen LogP contribution is 2.31. The van der Waals surface area contributed by atoms with Gasteiger partial charge in [0.05, 0.1) is 12.0 Å². The van der Waals surface area contributed by atoms with Crippen LogP contribution in [0.25, 0.3) is 0 Å². The van der Waals surface area contributed by atoms with Gasteiger partial charge >= 0.3 is 0 Å². The Labute approximate surface area is 195 Å². The molecular weight excluding hydrogens is 438 g/mol. The van der Waals surface area contributed by atoms with Gasteiger partial charge in [0.2, 0.25) is 0 Å². The van der Waals surface area contributed by atoms with Crippen LogP contribution in [0.1, 0.15) is 25.6 Å². The molecule has 8 heteroatoms. The molecule has 2 aromatic carbocycles. The highest BCUT2D eigenvalue weighted by atomic mass is 32.1. The van der Waals surface area contributed by atoms with E-state index in [1.165, 1.54) is 11.3 Å². The number of nitrogens with zero attached hydrogens (tertiary/aromatic N) is 1. The summed E-state index contributed by atoms with van der Waals surface area (Å²) < 4.78 is 11.2. The third-order valence-corrected chi connectivity index (χ3v) is 5.53. The number of carbonyl (C=O) groups is 2. The number of methoxy groups -OCH3 is 1. The number of ether oxygens (including phenoxy) is 2. The van der Waals surface area contributed by atoms with Crippen LogP contribution in [0.2, 0.25) is 0 Å². The number of hydrogen-bond acceptors (Lipinski definition) is 6. The summed E-state index contributed by atoms with van der Waals surface area (Å²) in [7, 11) is 1.56. The van der Waals surface area contributed by atoms with Crippen LogP contribution in [0.5, 0.6) is 11.5 Å². The second-order valence-corrected chi connectivity index (χ2v) is 7.93. The Kier molecular flexibility index (Phi) is 6.96. The minimum Gasteiger partial charge on any atom is -0.493 e. The molecule has 0 bridgehead atoms. The van der Waals surface area contributed by atoms with E-state index >= 15 is 0 Å². The van der Waals surface area contributed by atoms with Gasteiger partial charge in [-0.3, -0.25) is 14.6 Å². The average molecular weight is 460 g/mol. The van der Waals surface area contributed by atoms with Gasteiger partial charge in [-0.1, -0.05) is 18.2 Å². The lowest BCUT2D eigenvalue weighted by atomic mass is 10.1. The summed E-state index contributed by atoms with van der Waals surface area (Å²) in [5.74, 6) is 0.519. The molecule has 0 aliphatic carbocycles. The van der Waals surface area contributed by atoms with Crippen LogP contribution in [0.4, 0.5) is 11.4 Å². The molecule has 7 nitrogen and oxygen atoms in total. The molecule has 0 fully saturated rings. The summed E-state index contributed by atoms with van der Waals surface area (Å²) in [5.41, 5.74) is 2.41. The maximum Gasteiger partial charge on any atom is 0.265 e. The lowest BCUT2D eigenvalue weighted by molar-refractivity contribution is 0.101. The van der Waals surface area contributed by atoms with E-state index in [1.54, 1.807) is 68.0 Å². The monoisotopic (exact) mass is 459 g/mol. The lowest BCUT2D eigenvalue weighted by Gasteiger charge is -2.13. The topological polar surface area (TPSA) is 89.6 Å². The van der Waals surface area contributed by atoms with Gasteiger partial charge in [0.15, 0.2) is 11.5 Å². The number of rotatable bonds is 8. The number of benzene rings is 2. The fraction of sp³-hybridized carbons (Fsp3) is 0.0800. The summed E-state index contributed by atoms with van der Waals surface area (Å²) in [6.07, 6.45) is 3.42. The van der Waals surface area contributed by atoms with Crippen molar-refractivity contribution in [3.8, 4) is 11.5 Å². The van der Waals surface area contributed by atoms with Gasteiger partial charge in [-0.2, -0.15) is 0 Å². The summed E-state index contributed by atoms with van der Waals surface area (Å²) in [6, 6.07) is 19.2. The van der Waals surface area contributed by atoms with Crippen LogP contribution in [0.15, 0.2) is 84.5 Å². The minimum atomic E-state index is -0.314. The number of pyridine rings is 1. The van der Waals surface area contributed by atoms with E-state index in [2.05, 4.69) is 15.6 Å². The molecule has 0 aliphatic heterocycles. The molecule has 0 saturated heterocycles. The van der Waals surface area contributed by atoms with E-state index in [0.717, 1.165) is 5.56 Å². The maximum absolute atomic E-state index is 12.8. The zero-order valence-corrected chi connectivity index (χ0v) is 18.6. The predicted molar refractivity (Wildman–Crippen MR) is 128 cm³/mol. The van der Waals surface area contributed by atoms with Gasteiger partial charge in [-0.05, 0) is 47.8 Å². The highest BCUT2D eigenvalue weighted by molar-refractivity contribution is 7.12. The van der Waals surface area contributed by atoms with Crippen molar-refractivity contribution in [2.24, 2.45) is 0 Å². The standard InChI is InChI=1S/C25H21N3O4S/c1-31-21-10-9-20(14-22(21)32-16-17-5-3-11-26-15-17)27-24(29)18-6-2-7-19(13-18)28-25(30)23-8-4-12-33-23/h2-15H,16H2,1H3,(H,27,29)(H,28,30). The van der Waals surface area contributed by atoms with E-state index < -0.39 is 0 Å². The van der Waals surface area contributed by atoms with Gasteiger partial charge < -0.3 is 20.1 Å². The van der Waals surface area contributed by atoms with E-state index in [9.17, 15) is 9.59 Å². The number of aromatic nitrogens is 1. The van der Waals surface area contributed by atoms with Gasteiger partial charge in [0.25, 0.3) is 11.8 Å². The quantitative estimate of drug-likeness (QED) is 0.376. The zero-order chi connectivity index (χ0) is 23.0. The molecule has 4 aromatic rings. The van der Waals surface area contributed by atoms with E-state index in [4.69, 9.17) is 9.47 Å². The number of thiophene rings is 1. The van der Waals surface area contributed by atoms with Gasteiger partial charge in [0.1, 0.15) is 6.61 Å². The smallest absolute Gasteiger partial charge is 0.265 e. The van der Waals surface area contributed by atoms with Gasteiger partial charge in [-0.25, -0.2) is 0 Å². The normalized spacial score (nSPS) is 10.3. The average Bonchev–Trinajstić information content (AvgIpc) is 3.39. The zero-order valence-electron chi connectivity index (χ0n) is 17.8. The summed E-state index contributed by atoms with van der Waals surface area (Å²) >= 11 is 1.35. The van der Waals surface area contributed by atoms with Crippen molar-refractivity contribution in [1.29, 1.82) is 0 Å². The van der Waals surface area contributed by atoms with E-state index in [1.807, 2.05) is 23.6 Å². The first-order valence-electron chi connectivity index (χ1n) is 10.1. The fourth-order valence-electron chi connectivity index (χ4n) is 3.05. The number of hydrogen-bond donors (Lipinski definition) is 2. The van der Waals surface area contributed by atoms with Crippen LogP contribution in [-0.4, -0.2) is 23.9 Å². The molecule has 2 amide bonds. The Morgan fingerprint density at radius 2 is 1.76 bits per heavy atom. The Morgan fingerprint density at radius 3 is 2.52 bits per heavy atom. The molecular formula is C25H21N3O4S. The Hall–Kier alpha value is -4.17. The number of nitrogens with one attached hydrogen (secondary N) is 2.